The lowest BCUT2D eigenvalue weighted by atomic mass is 9.87. The first-order valence-corrected chi connectivity index (χ1v) is 11.2. The van der Waals surface area contributed by atoms with Gasteiger partial charge in [-0.15, -0.1) is 0 Å². The fraction of sp³-hybridized carbons (Fsp3) is 0.480. The van der Waals surface area contributed by atoms with Crippen LogP contribution >= 0.6 is 0 Å². The summed E-state index contributed by atoms with van der Waals surface area (Å²) in [5.41, 5.74) is 3.68. The number of rotatable bonds is 5. The van der Waals surface area contributed by atoms with Crippen molar-refractivity contribution >= 4 is 5.69 Å². The lowest BCUT2D eigenvalue weighted by molar-refractivity contribution is 0.0133. The summed E-state index contributed by atoms with van der Waals surface area (Å²) < 4.78 is 16.8. The van der Waals surface area contributed by atoms with Crippen molar-refractivity contribution in [2.24, 2.45) is 0 Å². The van der Waals surface area contributed by atoms with E-state index in [9.17, 15) is 5.26 Å². The predicted molar refractivity (Wildman–Crippen MR) is 120 cm³/mol. The smallest absolute Gasteiger partial charge is 0.161 e. The van der Waals surface area contributed by atoms with E-state index in [1.807, 2.05) is 30.3 Å². The van der Waals surface area contributed by atoms with Crippen LogP contribution in [0.5, 0.6) is 11.5 Å². The van der Waals surface area contributed by atoms with Gasteiger partial charge in [-0.25, -0.2) is 0 Å². The number of nitrogens with one attached hydrogen (secondary N) is 1. The lowest BCUT2D eigenvalue weighted by Crippen LogP contribution is -2.52. The highest BCUT2D eigenvalue weighted by molar-refractivity contribution is 5.79. The van der Waals surface area contributed by atoms with Gasteiger partial charge < -0.3 is 24.4 Å². The largest absolute Gasteiger partial charge is 0.486 e. The summed E-state index contributed by atoms with van der Waals surface area (Å²) in [4.78, 5) is 2.36. The molecule has 0 atom stereocenters. The summed E-state index contributed by atoms with van der Waals surface area (Å²) in [7, 11) is 1.80. The second-order valence-corrected chi connectivity index (χ2v) is 8.62. The Bertz CT molecular complexity index is 972. The van der Waals surface area contributed by atoms with Gasteiger partial charge in [-0.3, -0.25) is 0 Å². The first-order valence-electron chi connectivity index (χ1n) is 11.2. The molecule has 0 spiro atoms. The van der Waals surface area contributed by atoms with Crippen molar-refractivity contribution in [1.29, 1.82) is 5.26 Å². The van der Waals surface area contributed by atoms with E-state index in [2.05, 4.69) is 22.4 Å². The van der Waals surface area contributed by atoms with Crippen LogP contribution in [0, 0.1) is 11.3 Å². The molecule has 2 aromatic carbocycles. The topological polar surface area (TPSA) is 66.8 Å². The Labute approximate surface area is 183 Å². The maximum absolute atomic E-state index is 10.0. The Morgan fingerprint density at radius 2 is 1.81 bits per heavy atom. The van der Waals surface area contributed by atoms with Crippen molar-refractivity contribution in [3.05, 3.63) is 42.0 Å². The fourth-order valence-electron chi connectivity index (χ4n) is 4.89. The van der Waals surface area contributed by atoms with Crippen LogP contribution in [0.4, 0.5) is 5.69 Å². The molecule has 0 aromatic heterocycles. The van der Waals surface area contributed by atoms with Gasteiger partial charge >= 0.3 is 0 Å². The highest BCUT2D eigenvalue weighted by Gasteiger charge is 2.32. The summed E-state index contributed by atoms with van der Waals surface area (Å²) >= 11 is 0. The molecule has 162 valence electrons. The first kappa shape index (κ1) is 20.2. The number of nitrogens with zero attached hydrogens (tertiary/aromatic N) is 2. The molecule has 0 bridgehead atoms. The fourth-order valence-corrected chi connectivity index (χ4v) is 4.89. The minimum absolute atomic E-state index is 0.430. The molecule has 3 aliphatic rings. The molecule has 0 radical (unpaired) electrons. The van der Waals surface area contributed by atoms with Gasteiger partial charge in [0.15, 0.2) is 11.5 Å². The monoisotopic (exact) mass is 419 g/mol. The molecule has 31 heavy (non-hydrogen) atoms. The van der Waals surface area contributed by atoms with Crippen molar-refractivity contribution in [3.8, 4) is 28.7 Å². The third kappa shape index (κ3) is 4.08. The molecular formula is C25H29N3O3. The van der Waals surface area contributed by atoms with Crippen LogP contribution in [0.3, 0.4) is 0 Å². The van der Waals surface area contributed by atoms with Crippen LogP contribution in [0.25, 0.3) is 11.1 Å². The molecule has 0 unspecified atom stereocenters. The van der Waals surface area contributed by atoms with Crippen LogP contribution in [0.15, 0.2) is 36.4 Å². The number of hydrogen-bond acceptors (Lipinski definition) is 6. The first-order chi connectivity index (χ1) is 15.2. The highest BCUT2D eigenvalue weighted by atomic mass is 16.6. The number of anilines is 1. The van der Waals surface area contributed by atoms with Gasteiger partial charge in [0.1, 0.15) is 19.3 Å². The van der Waals surface area contributed by atoms with Crippen molar-refractivity contribution in [1.82, 2.24) is 5.32 Å². The van der Waals surface area contributed by atoms with Crippen LogP contribution in [-0.2, 0) is 4.74 Å². The lowest BCUT2D eigenvalue weighted by Gasteiger charge is -2.41. The minimum atomic E-state index is 0.430. The van der Waals surface area contributed by atoms with E-state index >= 15 is 0 Å². The Kier molecular flexibility index (Phi) is 5.71. The van der Waals surface area contributed by atoms with Gasteiger partial charge in [0, 0.05) is 37.8 Å². The van der Waals surface area contributed by atoms with E-state index in [0.717, 1.165) is 72.6 Å². The number of hydrogen-bond donors (Lipinski definition) is 1. The molecule has 1 aliphatic carbocycles. The van der Waals surface area contributed by atoms with Gasteiger partial charge in [-0.05, 0) is 49.4 Å². The maximum atomic E-state index is 10.0. The second-order valence-electron chi connectivity index (χ2n) is 8.62. The number of fused-ring (bicyclic) bond motifs is 1. The Hall–Kier alpha value is -2.75. The van der Waals surface area contributed by atoms with Crippen molar-refractivity contribution in [2.75, 3.05) is 38.3 Å². The third-order valence-electron chi connectivity index (χ3n) is 6.74. The number of piperidine rings is 1. The maximum Gasteiger partial charge on any atom is 0.161 e. The molecule has 6 heteroatoms. The molecule has 2 aliphatic heterocycles. The summed E-state index contributed by atoms with van der Waals surface area (Å²) in [6.07, 6.45) is 4.85. The molecule has 6 nitrogen and oxygen atoms in total. The van der Waals surface area contributed by atoms with Crippen molar-refractivity contribution in [2.45, 2.75) is 43.9 Å². The zero-order valence-corrected chi connectivity index (χ0v) is 18.0. The molecular weight excluding hydrogens is 390 g/mol. The highest BCUT2D eigenvalue weighted by Crippen LogP contribution is 2.38. The Morgan fingerprint density at radius 1 is 1.03 bits per heavy atom. The Balaban J connectivity index is 1.30. The van der Waals surface area contributed by atoms with Crippen LogP contribution in [0.2, 0.25) is 0 Å². The third-order valence-corrected chi connectivity index (χ3v) is 6.74. The van der Waals surface area contributed by atoms with Gasteiger partial charge in [0.2, 0.25) is 0 Å². The molecule has 2 aromatic rings. The predicted octanol–water partition coefficient (Wildman–Crippen LogP) is 3.73. The van der Waals surface area contributed by atoms with Crippen molar-refractivity contribution < 1.29 is 14.2 Å². The molecule has 1 saturated heterocycles. The summed E-state index contributed by atoms with van der Waals surface area (Å²) in [6.45, 7) is 3.04. The molecule has 5 rings (SSSR count). The molecule has 1 saturated carbocycles. The Morgan fingerprint density at radius 3 is 2.55 bits per heavy atom. The normalized spacial score (nSPS) is 23.2. The number of ether oxygens (including phenoxy) is 3. The molecule has 2 fully saturated rings. The summed E-state index contributed by atoms with van der Waals surface area (Å²) in [6, 6.07) is 15.7. The van der Waals surface area contributed by atoms with Gasteiger partial charge in [-0.1, -0.05) is 18.2 Å². The van der Waals surface area contributed by atoms with Gasteiger partial charge in [0.05, 0.1) is 17.4 Å². The zero-order chi connectivity index (χ0) is 21.2. The van der Waals surface area contributed by atoms with Gasteiger partial charge in [-0.2, -0.15) is 5.26 Å². The molecule has 2 heterocycles. The average Bonchev–Trinajstić information content (AvgIpc) is 2.80. The SMILES string of the molecule is CO[C@H]1C[C@H](NC2CCN(c3cccc(-c4ccc5c(c4)OCCO5)c3C#N)CC2)C1. The van der Waals surface area contributed by atoms with E-state index in [0.29, 0.717) is 31.4 Å². The number of benzene rings is 2. The van der Waals surface area contributed by atoms with Crippen molar-refractivity contribution in [3.63, 3.8) is 0 Å². The van der Waals surface area contributed by atoms with Crippen LogP contribution in [-0.4, -0.2) is 51.6 Å². The van der Waals surface area contributed by atoms with E-state index in [1.54, 1.807) is 7.11 Å². The minimum Gasteiger partial charge on any atom is -0.486 e. The van der Waals surface area contributed by atoms with Crippen LogP contribution < -0.4 is 19.7 Å². The van der Waals surface area contributed by atoms with Crippen LogP contribution in [0.1, 0.15) is 31.2 Å². The van der Waals surface area contributed by atoms with E-state index in [1.165, 1.54) is 0 Å². The standard InChI is InChI=1S/C25H29N3O3/c1-29-20-14-19(15-20)27-18-7-9-28(10-8-18)23-4-2-3-21(22(23)16-26)17-5-6-24-25(13-17)31-12-11-30-24/h2-6,13,18-20,27H,7-12,14-15H2,1H3/t19-,20-. The summed E-state index contributed by atoms with van der Waals surface area (Å²) in [5.74, 6) is 1.51. The van der Waals surface area contributed by atoms with Gasteiger partial charge in [0.25, 0.3) is 0 Å². The molecule has 0 amide bonds. The van der Waals surface area contributed by atoms with E-state index < -0.39 is 0 Å². The summed E-state index contributed by atoms with van der Waals surface area (Å²) in [5, 5.41) is 13.8. The zero-order valence-electron chi connectivity index (χ0n) is 18.0. The number of nitriles is 1. The number of methoxy groups -OCH3 is 1. The quantitative estimate of drug-likeness (QED) is 0.797. The average molecular weight is 420 g/mol. The van der Waals surface area contributed by atoms with E-state index in [-0.39, 0.29) is 0 Å². The second kappa shape index (κ2) is 8.78. The molecule has 1 N–H and O–H groups in total. The van der Waals surface area contributed by atoms with E-state index in [4.69, 9.17) is 14.2 Å².